The Morgan fingerprint density at radius 3 is 1.73 bits per heavy atom. The van der Waals surface area contributed by atoms with Crippen LogP contribution in [0.4, 0.5) is 0 Å². The average molecular weight is 305 g/mol. The molecule has 0 saturated heterocycles. The zero-order valence-corrected chi connectivity index (χ0v) is 13.7. The van der Waals surface area contributed by atoms with E-state index in [4.69, 9.17) is 0 Å². The number of carbonyl (C=O) groups is 2. The van der Waals surface area contributed by atoms with Crippen LogP contribution in [0.15, 0.2) is 18.2 Å². The molecule has 0 bridgehead atoms. The van der Waals surface area contributed by atoms with Gasteiger partial charge in [-0.1, -0.05) is 45.6 Å². The van der Waals surface area contributed by atoms with Gasteiger partial charge in [-0.3, -0.25) is 9.59 Å². The zero-order chi connectivity index (χ0) is 16.2. The van der Waals surface area contributed by atoms with Gasteiger partial charge in [0.15, 0.2) is 0 Å². The molecule has 0 saturated carbocycles. The maximum Gasteiger partial charge on any atom is 0.269 e. The molecule has 2 amide bonds. The van der Waals surface area contributed by atoms with E-state index in [1.165, 1.54) is 0 Å². The molecular formula is C17H27N3O2. The monoisotopic (exact) mass is 305 g/mol. The lowest BCUT2D eigenvalue weighted by Crippen LogP contribution is -2.28. The van der Waals surface area contributed by atoms with Gasteiger partial charge in [-0.2, -0.15) is 0 Å². The van der Waals surface area contributed by atoms with E-state index >= 15 is 0 Å². The number of rotatable bonds is 10. The van der Waals surface area contributed by atoms with Crippen molar-refractivity contribution in [2.45, 2.75) is 52.4 Å². The number of aromatic nitrogens is 1. The predicted molar refractivity (Wildman–Crippen MR) is 88.0 cm³/mol. The third kappa shape index (κ3) is 6.70. The summed E-state index contributed by atoms with van der Waals surface area (Å²) in [7, 11) is 0. The summed E-state index contributed by atoms with van der Waals surface area (Å²) >= 11 is 0. The van der Waals surface area contributed by atoms with Crippen molar-refractivity contribution >= 4 is 11.8 Å². The van der Waals surface area contributed by atoms with Crippen LogP contribution in [0.3, 0.4) is 0 Å². The Hall–Kier alpha value is -1.91. The Kier molecular flexibility index (Phi) is 8.88. The van der Waals surface area contributed by atoms with Gasteiger partial charge >= 0.3 is 0 Å². The van der Waals surface area contributed by atoms with Gasteiger partial charge in [0.1, 0.15) is 11.4 Å². The highest BCUT2D eigenvalue weighted by molar-refractivity contribution is 5.96. The Morgan fingerprint density at radius 1 is 0.864 bits per heavy atom. The predicted octanol–water partition coefficient (Wildman–Crippen LogP) is 2.92. The third-order valence-electron chi connectivity index (χ3n) is 3.35. The van der Waals surface area contributed by atoms with Crippen LogP contribution in [0.2, 0.25) is 0 Å². The van der Waals surface area contributed by atoms with E-state index in [9.17, 15) is 9.59 Å². The fourth-order valence-corrected chi connectivity index (χ4v) is 2.02. The SMILES string of the molecule is CCCCCNC(=O)c1cccc(C(=O)NCCCCC)n1. The van der Waals surface area contributed by atoms with Crippen molar-refractivity contribution in [2.24, 2.45) is 0 Å². The smallest absolute Gasteiger partial charge is 0.269 e. The summed E-state index contributed by atoms with van der Waals surface area (Å²) in [5, 5.41) is 5.65. The van der Waals surface area contributed by atoms with Crippen LogP contribution < -0.4 is 10.6 Å². The van der Waals surface area contributed by atoms with Crippen molar-refractivity contribution < 1.29 is 9.59 Å². The fraction of sp³-hybridized carbons (Fsp3) is 0.588. The molecule has 0 radical (unpaired) electrons. The molecule has 0 atom stereocenters. The number of nitrogens with one attached hydrogen (secondary N) is 2. The molecule has 5 heteroatoms. The van der Waals surface area contributed by atoms with Crippen LogP contribution in [0, 0.1) is 0 Å². The van der Waals surface area contributed by atoms with Gasteiger partial charge in [0.25, 0.3) is 11.8 Å². The molecule has 0 spiro atoms. The largest absolute Gasteiger partial charge is 0.351 e. The molecule has 22 heavy (non-hydrogen) atoms. The number of hydrogen-bond acceptors (Lipinski definition) is 3. The molecular weight excluding hydrogens is 278 g/mol. The van der Waals surface area contributed by atoms with E-state index < -0.39 is 0 Å². The molecule has 1 rings (SSSR count). The zero-order valence-electron chi connectivity index (χ0n) is 13.7. The van der Waals surface area contributed by atoms with Crippen LogP contribution in [0.5, 0.6) is 0 Å². The van der Waals surface area contributed by atoms with E-state index in [-0.39, 0.29) is 23.2 Å². The summed E-state index contributed by atoms with van der Waals surface area (Å²) in [6, 6.07) is 4.95. The first-order chi connectivity index (χ1) is 10.7. The number of nitrogens with zero attached hydrogens (tertiary/aromatic N) is 1. The molecule has 5 nitrogen and oxygen atoms in total. The topological polar surface area (TPSA) is 71.1 Å². The Bertz CT molecular complexity index is 435. The summed E-state index contributed by atoms with van der Waals surface area (Å²) in [6.07, 6.45) is 6.32. The summed E-state index contributed by atoms with van der Waals surface area (Å²) < 4.78 is 0. The van der Waals surface area contributed by atoms with E-state index in [1.54, 1.807) is 18.2 Å². The summed E-state index contributed by atoms with van der Waals surface area (Å²) in [6.45, 7) is 5.52. The van der Waals surface area contributed by atoms with Crippen molar-refractivity contribution in [2.75, 3.05) is 13.1 Å². The molecule has 1 aromatic heterocycles. The maximum absolute atomic E-state index is 12.0. The number of carbonyl (C=O) groups excluding carboxylic acids is 2. The first-order valence-corrected chi connectivity index (χ1v) is 8.22. The van der Waals surface area contributed by atoms with E-state index in [1.807, 2.05) is 0 Å². The standard InChI is InChI=1S/C17H27N3O2/c1-3-5-7-12-18-16(21)14-10-9-11-15(20-14)17(22)19-13-8-6-4-2/h9-11H,3-8,12-13H2,1-2H3,(H,18,21)(H,19,22). The first-order valence-electron chi connectivity index (χ1n) is 8.22. The van der Waals surface area contributed by atoms with E-state index in [0.29, 0.717) is 13.1 Å². The molecule has 122 valence electrons. The van der Waals surface area contributed by atoms with Crippen LogP contribution in [0.25, 0.3) is 0 Å². The second-order valence-electron chi connectivity index (χ2n) is 5.33. The van der Waals surface area contributed by atoms with Gasteiger partial charge in [0.05, 0.1) is 0 Å². The van der Waals surface area contributed by atoms with Crippen LogP contribution in [0.1, 0.15) is 73.3 Å². The molecule has 0 fully saturated rings. The molecule has 1 aromatic rings. The number of pyridine rings is 1. The third-order valence-corrected chi connectivity index (χ3v) is 3.35. The highest BCUT2D eigenvalue weighted by Gasteiger charge is 2.11. The molecule has 2 N–H and O–H groups in total. The first kappa shape index (κ1) is 18.1. The van der Waals surface area contributed by atoms with Gasteiger partial charge in [-0.25, -0.2) is 4.98 Å². The quantitative estimate of drug-likeness (QED) is 0.653. The molecule has 1 heterocycles. The van der Waals surface area contributed by atoms with E-state index in [2.05, 4.69) is 29.5 Å². The van der Waals surface area contributed by atoms with Crippen LogP contribution in [-0.4, -0.2) is 29.9 Å². The van der Waals surface area contributed by atoms with Gasteiger partial charge in [0, 0.05) is 13.1 Å². The van der Waals surface area contributed by atoms with Crippen molar-refractivity contribution in [1.82, 2.24) is 15.6 Å². The number of hydrogen-bond donors (Lipinski definition) is 2. The second-order valence-corrected chi connectivity index (χ2v) is 5.33. The lowest BCUT2D eigenvalue weighted by molar-refractivity contribution is 0.0943. The van der Waals surface area contributed by atoms with Gasteiger partial charge < -0.3 is 10.6 Å². The lowest BCUT2D eigenvalue weighted by atomic mass is 10.2. The maximum atomic E-state index is 12.0. The number of amides is 2. The fourth-order valence-electron chi connectivity index (χ4n) is 2.02. The molecule has 0 unspecified atom stereocenters. The van der Waals surface area contributed by atoms with Crippen molar-refractivity contribution in [3.05, 3.63) is 29.6 Å². The Labute approximate surface area is 132 Å². The number of unbranched alkanes of at least 4 members (excludes halogenated alkanes) is 4. The molecule has 0 aliphatic heterocycles. The normalized spacial score (nSPS) is 10.3. The van der Waals surface area contributed by atoms with Gasteiger partial charge in [-0.05, 0) is 25.0 Å². The second kappa shape index (κ2) is 10.8. The minimum Gasteiger partial charge on any atom is -0.351 e. The van der Waals surface area contributed by atoms with Crippen molar-refractivity contribution in [1.29, 1.82) is 0 Å². The van der Waals surface area contributed by atoms with Crippen LogP contribution in [-0.2, 0) is 0 Å². The minimum atomic E-state index is -0.225. The molecule has 0 aliphatic rings. The van der Waals surface area contributed by atoms with Crippen molar-refractivity contribution in [3.8, 4) is 0 Å². The summed E-state index contributed by atoms with van der Waals surface area (Å²) in [5.41, 5.74) is 0.579. The van der Waals surface area contributed by atoms with E-state index in [0.717, 1.165) is 38.5 Å². The minimum absolute atomic E-state index is 0.225. The Morgan fingerprint density at radius 2 is 1.32 bits per heavy atom. The average Bonchev–Trinajstić information content (AvgIpc) is 2.55. The molecule has 0 aromatic carbocycles. The molecule has 0 aliphatic carbocycles. The highest BCUT2D eigenvalue weighted by atomic mass is 16.2. The van der Waals surface area contributed by atoms with Crippen LogP contribution >= 0.6 is 0 Å². The summed E-state index contributed by atoms with van der Waals surface area (Å²) in [4.78, 5) is 28.1. The van der Waals surface area contributed by atoms with Gasteiger partial charge in [-0.15, -0.1) is 0 Å². The Balaban J connectivity index is 2.50. The highest BCUT2D eigenvalue weighted by Crippen LogP contribution is 2.01. The lowest BCUT2D eigenvalue weighted by Gasteiger charge is -2.07. The van der Waals surface area contributed by atoms with Crippen molar-refractivity contribution in [3.63, 3.8) is 0 Å². The summed E-state index contributed by atoms with van der Waals surface area (Å²) in [5.74, 6) is -0.450. The van der Waals surface area contributed by atoms with Gasteiger partial charge in [0.2, 0.25) is 0 Å².